The van der Waals surface area contributed by atoms with Gasteiger partial charge in [0, 0.05) is 50.2 Å². The molecule has 37 heavy (non-hydrogen) atoms. The maximum atomic E-state index is 14.4. The summed E-state index contributed by atoms with van der Waals surface area (Å²) in [6.45, 7) is 1.60. The number of nitrogens with two attached hydrogens (primary N) is 1. The molecular weight excluding hydrogens is 475 g/mol. The van der Waals surface area contributed by atoms with E-state index in [4.69, 9.17) is 15.2 Å². The second-order valence-electron chi connectivity index (χ2n) is 10.4. The molecule has 1 heterocycles. The summed E-state index contributed by atoms with van der Waals surface area (Å²) in [5.41, 5.74) is 5.27. The minimum Gasteiger partial charge on any atom is -0.454 e. The first-order valence-corrected chi connectivity index (χ1v) is 13.3. The predicted octanol–water partition coefficient (Wildman–Crippen LogP) is 3.96. The van der Waals surface area contributed by atoms with Gasteiger partial charge in [-0.1, -0.05) is 30.3 Å². The van der Waals surface area contributed by atoms with E-state index in [1.165, 1.54) is 6.07 Å². The Morgan fingerprint density at radius 1 is 1.14 bits per heavy atom. The van der Waals surface area contributed by atoms with E-state index in [1.807, 2.05) is 17.0 Å². The van der Waals surface area contributed by atoms with Crippen LogP contribution in [-0.4, -0.2) is 60.0 Å². The number of aliphatic hydroxyl groups is 2. The summed E-state index contributed by atoms with van der Waals surface area (Å²) >= 11 is 0. The first-order chi connectivity index (χ1) is 17.8. The van der Waals surface area contributed by atoms with Gasteiger partial charge in [0.25, 0.3) is 0 Å². The summed E-state index contributed by atoms with van der Waals surface area (Å²) in [4.78, 5) is 15.2. The molecule has 1 aliphatic heterocycles. The molecule has 1 saturated carbocycles. The van der Waals surface area contributed by atoms with Crippen LogP contribution in [0.2, 0.25) is 0 Å². The Balaban J connectivity index is 1.61. The molecule has 202 valence electrons. The van der Waals surface area contributed by atoms with Crippen LogP contribution in [0.3, 0.4) is 0 Å². The second kappa shape index (κ2) is 12.3. The van der Waals surface area contributed by atoms with Crippen LogP contribution in [0.15, 0.2) is 48.5 Å². The van der Waals surface area contributed by atoms with Gasteiger partial charge in [0.2, 0.25) is 5.91 Å². The predicted molar refractivity (Wildman–Crippen MR) is 139 cm³/mol. The minimum absolute atomic E-state index is 0.00525. The third kappa shape index (κ3) is 6.32. The topological polar surface area (TPSA) is 105 Å². The van der Waals surface area contributed by atoms with Crippen LogP contribution in [0.25, 0.3) is 0 Å². The SMILES string of the molecule is COCCCC[C@@](O)(c1ccccc1Oc1ccccc1F)[C@@H]1CCCN(C(=O)[C@H]2C[C@@H](N)[C@@H](O)C2)C1. The first kappa shape index (κ1) is 27.5. The highest BCUT2D eigenvalue weighted by molar-refractivity contribution is 5.79. The molecule has 5 atom stereocenters. The molecule has 4 N–H and O–H groups in total. The summed E-state index contributed by atoms with van der Waals surface area (Å²) in [5, 5.41) is 22.4. The summed E-state index contributed by atoms with van der Waals surface area (Å²) in [6.07, 6.45) is 3.64. The van der Waals surface area contributed by atoms with Crippen molar-refractivity contribution in [1.82, 2.24) is 4.90 Å². The van der Waals surface area contributed by atoms with Gasteiger partial charge >= 0.3 is 0 Å². The van der Waals surface area contributed by atoms with Crippen molar-refractivity contribution in [3.8, 4) is 11.5 Å². The van der Waals surface area contributed by atoms with Gasteiger partial charge in [-0.25, -0.2) is 4.39 Å². The van der Waals surface area contributed by atoms with Crippen LogP contribution < -0.4 is 10.5 Å². The molecule has 1 amide bonds. The Labute approximate surface area is 218 Å². The molecule has 8 heteroatoms. The normalized spacial score (nSPS) is 25.6. The number of hydrogen-bond donors (Lipinski definition) is 3. The van der Waals surface area contributed by atoms with Crippen LogP contribution in [0.1, 0.15) is 50.5 Å². The number of amides is 1. The van der Waals surface area contributed by atoms with E-state index >= 15 is 0 Å². The van der Waals surface area contributed by atoms with Crippen LogP contribution in [0.4, 0.5) is 4.39 Å². The number of carbonyl (C=O) groups is 1. The van der Waals surface area contributed by atoms with Crippen molar-refractivity contribution < 1.29 is 28.9 Å². The molecule has 1 saturated heterocycles. The van der Waals surface area contributed by atoms with Crippen LogP contribution in [-0.2, 0) is 15.1 Å². The molecule has 2 aromatic rings. The Morgan fingerprint density at radius 2 is 1.86 bits per heavy atom. The number of aliphatic hydroxyl groups excluding tert-OH is 1. The van der Waals surface area contributed by atoms with Crippen molar-refractivity contribution in [2.75, 3.05) is 26.8 Å². The van der Waals surface area contributed by atoms with Crippen molar-refractivity contribution in [2.24, 2.45) is 17.6 Å². The first-order valence-electron chi connectivity index (χ1n) is 13.3. The van der Waals surface area contributed by atoms with Gasteiger partial charge in [-0.15, -0.1) is 0 Å². The number of benzene rings is 2. The average Bonchev–Trinajstić information content (AvgIpc) is 3.25. The molecule has 2 aromatic carbocycles. The second-order valence-corrected chi connectivity index (χ2v) is 10.4. The molecule has 0 bridgehead atoms. The highest BCUT2D eigenvalue weighted by Crippen LogP contribution is 2.45. The molecule has 4 rings (SSSR count). The monoisotopic (exact) mass is 514 g/mol. The zero-order valence-electron chi connectivity index (χ0n) is 21.5. The van der Waals surface area contributed by atoms with E-state index < -0.39 is 17.5 Å². The van der Waals surface area contributed by atoms with Gasteiger partial charge in [-0.2, -0.15) is 0 Å². The Hall–Kier alpha value is -2.52. The molecule has 7 nitrogen and oxygen atoms in total. The molecule has 2 aliphatic rings. The lowest BCUT2D eigenvalue weighted by Crippen LogP contribution is -2.49. The van der Waals surface area contributed by atoms with Crippen molar-refractivity contribution >= 4 is 5.91 Å². The van der Waals surface area contributed by atoms with Crippen molar-refractivity contribution in [3.63, 3.8) is 0 Å². The molecule has 0 unspecified atom stereocenters. The molecule has 2 fully saturated rings. The average molecular weight is 515 g/mol. The third-order valence-electron chi connectivity index (χ3n) is 7.90. The summed E-state index contributed by atoms with van der Waals surface area (Å²) in [6, 6.07) is 13.0. The lowest BCUT2D eigenvalue weighted by Gasteiger charge is -2.44. The number of nitrogens with zero attached hydrogens (tertiary/aromatic N) is 1. The molecular formula is C29H39FN2O5. The van der Waals surface area contributed by atoms with Crippen LogP contribution in [0, 0.1) is 17.7 Å². The van der Waals surface area contributed by atoms with Crippen molar-refractivity contribution in [1.29, 1.82) is 0 Å². The van der Waals surface area contributed by atoms with Gasteiger partial charge in [0.15, 0.2) is 11.6 Å². The van der Waals surface area contributed by atoms with Gasteiger partial charge in [-0.3, -0.25) is 4.79 Å². The Bertz CT molecular complexity index is 1040. The van der Waals surface area contributed by atoms with Crippen LogP contribution in [0.5, 0.6) is 11.5 Å². The van der Waals surface area contributed by atoms with E-state index in [2.05, 4.69) is 0 Å². The van der Waals surface area contributed by atoms with Gasteiger partial charge in [0.1, 0.15) is 5.75 Å². The minimum atomic E-state index is -1.29. The highest BCUT2D eigenvalue weighted by Gasteiger charge is 2.44. The maximum absolute atomic E-state index is 14.4. The number of hydrogen-bond acceptors (Lipinski definition) is 6. The zero-order chi connectivity index (χ0) is 26.4. The maximum Gasteiger partial charge on any atom is 0.225 e. The number of likely N-dealkylation sites (tertiary alicyclic amines) is 1. The number of halogens is 1. The lowest BCUT2D eigenvalue weighted by atomic mass is 9.73. The van der Waals surface area contributed by atoms with E-state index in [1.54, 1.807) is 37.4 Å². The third-order valence-corrected chi connectivity index (χ3v) is 7.90. The summed E-state index contributed by atoms with van der Waals surface area (Å²) in [5.74, 6) is -0.529. The lowest BCUT2D eigenvalue weighted by molar-refractivity contribution is -0.141. The Kier molecular flexibility index (Phi) is 9.18. The highest BCUT2D eigenvalue weighted by atomic mass is 19.1. The van der Waals surface area contributed by atoms with E-state index in [0.717, 1.165) is 19.3 Å². The largest absolute Gasteiger partial charge is 0.454 e. The van der Waals surface area contributed by atoms with Gasteiger partial charge < -0.3 is 30.3 Å². The van der Waals surface area contributed by atoms with Gasteiger partial charge in [-0.05, 0) is 63.1 Å². The number of rotatable bonds is 10. The van der Waals surface area contributed by atoms with Crippen LogP contribution >= 0.6 is 0 Å². The number of methoxy groups -OCH3 is 1. The van der Waals surface area contributed by atoms with Crippen molar-refractivity contribution in [2.45, 2.75) is 62.7 Å². The summed E-state index contributed by atoms with van der Waals surface area (Å²) < 4.78 is 25.6. The smallest absolute Gasteiger partial charge is 0.225 e. The number of piperidine rings is 1. The van der Waals surface area contributed by atoms with Gasteiger partial charge in [0.05, 0.1) is 11.7 Å². The zero-order valence-corrected chi connectivity index (χ0v) is 21.5. The van der Waals surface area contributed by atoms with Crippen molar-refractivity contribution in [3.05, 3.63) is 59.9 Å². The standard InChI is InChI=1S/C29H39FN2O5/c1-36-16-7-6-14-29(35,22-10-2-4-12-26(22)37-27-13-5-3-11-23(27)30)21-9-8-15-32(19-21)28(34)20-17-24(31)25(33)18-20/h2-5,10-13,20-21,24-25,33,35H,6-9,14-19,31H2,1H3/t20-,21+,24+,25-,29-/m0/s1. The Morgan fingerprint density at radius 3 is 2.57 bits per heavy atom. The number of ether oxygens (including phenoxy) is 2. The fourth-order valence-electron chi connectivity index (χ4n) is 5.83. The number of carbonyl (C=O) groups excluding carboxylic acids is 1. The molecule has 0 aromatic heterocycles. The van der Waals surface area contributed by atoms with E-state index in [0.29, 0.717) is 56.7 Å². The fourth-order valence-corrected chi connectivity index (χ4v) is 5.83. The number of para-hydroxylation sites is 2. The molecule has 0 radical (unpaired) electrons. The quantitative estimate of drug-likeness (QED) is 0.415. The fraction of sp³-hybridized carbons (Fsp3) is 0.552. The van der Waals surface area contributed by atoms with E-state index in [9.17, 15) is 19.4 Å². The number of unbranched alkanes of at least 4 members (excludes halogenated alkanes) is 1. The summed E-state index contributed by atoms with van der Waals surface area (Å²) in [7, 11) is 1.65. The molecule has 1 aliphatic carbocycles. The van der Waals surface area contributed by atoms with E-state index in [-0.39, 0.29) is 29.5 Å². The molecule has 0 spiro atoms.